The highest BCUT2D eigenvalue weighted by molar-refractivity contribution is 6.31. The Balaban J connectivity index is 2.72. The van der Waals surface area contributed by atoms with Crippen molar-refractivity contribution in [2.24, 2.45) is 5.73 Å². The molecule has 3 nitrogen and oxygen atoms in total. The Morgan fingerprint density at radius 3 is 2.88 bits per heavy atom. The number of nitrogens with two attached hydrogens (primary N) is 1. The molecule has 0 radical (unpaired) electrons. The van der Waals surface area contributed by atoms with E-state index in [2.05, 4.69) is 5.32 Å². The molecule has 1 aromatic rings. The lowest BCUT2D eigenvalue weighted by Gasteiger charge is -2.15. The first kappa shape index (κ1) is 12.9. The summed E-state index contributed by atoms with van der Waals surface area (Å²) in [5, 5.41) is 3.04. The number of hydrogen-bond donors (Lipinski definition) is 2. The van der Waals surface area contributed by atoms with Crippen molar-refractivity contribution >= 4 is 17.5 Å². The Kier molecular flexibility index (Phi) is 4.71. The van der Waals surface area contributed by atoms with Gasteiger partial charge in [-0.05, 0) is 24.6 Å². The van der Waals surface area contributed by atoms with Crippen LogP contribution in [0.25, 0.3) is 0 Å². The maximum absolute atomic E-state index is 12.8. The van der Waals surface area contributed by atoms with Gasteiger partial charge in [0.25, 0.3) is 0 Å². The van der Waals surface area contributed by atoms with Gasteiger partial charge in [-0.1, -0.05) is 17.7 Å². The van der Waals surface area contributed by atoms with Crippen molar-refractivity contribution in [3.63, 3.8) is 0 Å². The molecule has 1 atom stereocenters. The highest BCUT2D eigenvalue weighted by Gasteiger charge is 2.12. The third-order valence-electron chi connectivity index (χ3n) is 2.18. The first-order valence-corrected chi connectivity index (χ1v) is 5.36. The predicted octanol–water partition coefficient (Wildman–Crippen LogP) is 2.01. The fraction of sp³-hybridized carbons (Fsp3) is 0.364. The third kappa shape index (κ3) is 3.47. The topological polar surface area (TPSA) is 55.1 Å². The molecule has 0 aromatic heterocycles. The lowest BCUT2D eigenvalue weighted by atomic mass is 10.1. The zero-order chi connectivity index (χ0) is 12.1. The Labute approximate surface area is 98.8 Å². The van der Waals surface area contributed by atoms with Crippen LogP contribution in [-0.4, -0.2) is 12.5 Å². The summed E-state index contributed by atoms with van der Waals surface area (Å²) in [5.74, 6) is -0.537. The van der Waals surface area contributed by atoms with Gasteiger partial charge in [-0.15, -0.1) is 0 Å². The number of amides is 1. The zero-order valence-electron chi connectivity index (χ0n) is 8.97. The van der Waals surface area contributed by atoms with Crippen molar-refractivity contribution in [2.45, 2.75) is 19.4 Å². The van der Waals surface area contributed by atoms with Crippen molar-refractivity contribution in [1.82, 2.24) is 5.32 Å². The van der Waals surface area contributed by atoms with E-state index >= 15 is 0 Å². The average Bonchev–Trinajstić information content (AvgIpc) is 2.17. The molecular weight excluding hydrogens is 231 g/mol. The number of benzene rings is 1. The van der Waals surface area contributed by atoms with E-state index in [4.69, 9.17) is 17.3 Å². The van der Waals surface area contributed by atoms with Gasteiger partial charge >= 0.3 is 0 Å². The quantitative estimate of drug-likeness (QED) is 0.851. The summed E-state index contributed by atoms with van der Waals surface area (Å²) in [6.07, 6.45) is 0.267. The highest BCUT2D eigenvalue weighted by atomic mass is 35.5. The lowest BCUT2D eigenvalue weighted by molar-refractivity contribution is -0.121. The molecule has 1 amide bonds. The molecular formula is C11H14ClFN2O. The normalized spacial score (nSPS) is 12.2. The summed E-state index contributed by atoms with van der Waals surface area (Å²) in [7, 11) is 0. The molecule has 0 aliphatic rings. The molecule has 88 valence electrons. The van der Waals surface area contributed by atoms with Crippen LogP contribution in [0.3, 0.4) is 0 Å². The van der Waals surface area contributed by atoms with Crippen molar-refractivity contribution in [3.05, 3.63) is 34.6 Å². The molecule has 5 heteroatoms. The summed E-state index contributed by atoms with van der Waals surface area (Å²) in [6, 6.07) is 3.84. The predicted molar refractivity (Wildman–Crippen MR) is 61.6 cm³/mol. The first-order valence-electron chi connectivity index (χ1n) is 4.99. The minimum absolute atomic E-state index is 0.143. The molecule has 0 heterocycles. The molecule has 1 rings (SSSR count). The van der Waals surface area contributed by atoms with Gasteiger partial charge in [-0.2, -0.15) is 0 Å². The lowest BCUT2D eigenvalue weighted by Crippen LogP contribution is -2.28. The van der Waals surface area contributed by atoms with Gasteiger partial charge in [-0.25, -0.2) is 4.39 Å². The van der Waals surface area contributed by atoms with Crippen LogP contribution in [0.4, 0.5) is 4.39 Å². The maximum Gasteiger partial charge on any atom is 0.221 e. The minimum Gasteiger partial charge on any atom is -0.349 e. The minimum atomic E-state index is -0.394. The van der Waals surface area contributed by atoms with Crippen molar-refractivity contribution in [3.8, 4) is 0 Å². The molecule has 3 N–H and O–H groups in total. The number of halogens is 2. The third-order valence-corrected chi connectivity index (χ3v) is 2.51. The number of carbonyl (C=O) groups excluding carboxylic acids is 1. The fourth-order valence-electron chi connectivity index (χ4n) is 1.38. The average molecular weight is 245 g/mol. The van der Waals surface area contributed by atoms with Crippen LogP contribution in [0.15, 0.2) is 18.2 Å². The van der Waals surface area contributed by atoms with Crippen LogP contribution in [0.5, 0.6) is 0 Å². The molecule has 0 saturated carbocycles. The van der Waals surface area contributed by atoms with Gasteiger partial charge in [0.15, 0.2) is 0 Å². The number of carbonyl (C=O) groups is 1. The Morgan fingerprint density at radius 1 is 1.62 bits per heavy atom. The Morgan fingerprint density at radius 2 is 2.31 bits per heavy atom. The second-order valence-corrected chi connectivity index (χ2v) is 3.90. The molecule has 0 saturated heterocycles. The van der Waals surface area contributed by atoms with Crippen molar-refractivity contribution in [1.29, 1.82) is 0 Å². The van der Waals surface area contributed by atoms with E-state index < -0.39 is 5.82 Å². The van der Waals surface area contributed by atoms with E-state index in [-0.39, 0.29) is 18.4 Å². The van der Waals surface area contributed by atoms with E-state index in [0.717, 1.165) is 0 Å². The molecule has 1 aromatic carbocycles. The standard InChI is InChI=1S/C11H14ClFN2O/c1-7(15-11(16)4-5-14)9-3-2-8(13)6-10(9)12/h2-3,6-7H,4-5,14H2,1H3,(H,15,16). The molecule has 0 spiro atoms. The van der Waals surface area contributed by atoms with Crippen LogP contribution >= 0.6 is 11.6 Å². The largest absolute Gasteiger partial charge is 0.349 e. The van der Waals surface area contributed by atoms with E-state index in [9.17, 15) is 9.18 Å². The van der Waals surface area contributed by atoms with Crippen molar-refractivity contribution < 1.29 is 9.18 Å². The smallest absolute Gasteiger partial charge is 0.221 e. The van der Waals surface area contributed by atoms with Crippen molar-refractivity contribution in [2.75, 3.05) is 6.54 Å². The van der Waals surface area contributed by atoms with E-state index in [1.807, 2.05) is 0 Å². The molecule has 0 aliphatic heterocycles. The van der Waals surface area contributed by atoms with Gasteiger partial charge in [0.1, 0.15) is 5.82 Å². The van der Waals surface area contributed by atoms with Crippen LogP contribution < -0.4 is 11.1 Å². The summed E-state index contributed by atoms with van der Waals surface area (Å²) < 4.78 is 12.8. The zero-order valence-corrected chi connectivity index (χ0v) is 9.72. The highest BCUT2D eigenvalue weighted by Crippen LogP contribution is 2.23. The molecule has 1 unspecified atom stereocenters. The molecule has 16 heavy (non-hydrogen) atoms. The number of rotatable bonds is 4. The van der Waals surface area contributed by atoms with Gasteiger partial charge < -0.3 is 11.1 Å². The van der Waals surface area contributed by atoms with Gasteiger partial charge in [0.05, 0.1) is 6.04 Å². The van der Waals surface area contributed by atoms with Crippen LogP contribution in [0, 0.1) is 5.82 Å². The van der Waals surface area contributed by atoms with Crippen LogP contribution in [-0.2, 0) is 4.79 Å². The maximum atomic E-state index is 12.8. The second kappa shape index (κ2) is 5.82. The van der Waals surface area contributed by atoms with Gasteiger partial charge in [-0.3, -0.25) is 4.79 Å². The monoisotopic (exact) mass is 244 g/mol. The van der Waals surface area contributed by atoms with Gasteiger partial charge in [0.2, 0.25) is 5.91 Å². The van der Waals surface area contributed by atoms with E-state index in [1.165, 1.54) is 12.1 Å². The fourth-order valence-corrected chi connectivity index (χ4v) is 1.71. The van der Waals surface area contributed by atoms with Crippen LogP contribution in [0.1, 0.15) is 24.9 Å². The van der Waals surface area contributed by atoms with Gasteiger partial charge in [0, 0.05) is 18.0 Å². The summed E-state index contributed by atoms with van der Waals surface area (Å²) in [5.41, 5.74) is 5.95. The summed E-state index contributed by atoms with van der Waals surface area (Å²) in [4.78, 5) is 11.3. The molecule has 0 bridgehead atoms. The van der Waals surface area contributed by atoms with E-state index in [1.54, 1.807) is 13.0 Å². The number of hydrogen-bond acceptors (Lipinski definition) is 2. The second-order valence-electron chi connectivity index (χ2n) is 3.49. The Bertz CT molecular complexity index is 384. The molecule has 0 aliphatic carbocycles. The van der Waals surface area contributed by atoms with Crippen LogP contribution in [0.2, 0.25) is 5.02 Å². The number of nitrogens with one attached hydrogen (secondary N) is 1. The van der Waals surface area contributed by atoms with E-state index in [0.29, 0.717) is 17.1 Å². The SMILES string of the molecule is CC(NC(=O)CCN)c1ccc(F)cc1Cl. The first-order chi connectivity index (χ1) is 7.54. The Hall–Kier alpha value is -1.13. The summed E-state index contributed by atoms with van der Waals surface area (Å²) >= 11 is 5.87. The summed E-state index contributed by atoms with van der Waals surface area (Å²) in [6.45, 7) is 2.09. The molecule has 0 fully saturated rings.